The predicted octanol–water partition coefficient (Wildman–Crippen LogP) is 2.26. The number of rotatable bonds is 0. The molecule has 0 aromatic rings. The minimum atomic E-state index is 0.363. The largest absolute Gasteiger partial charge is 0.299 e. The highest BCUT2D eigenvalue weighted by molar-refractivity contribution is 9.10. The Bertz CT molecular complexity index is 155. The van der Waals surface area contributed by atoms with E-state index in [-0.39, 0.29) is 0 Å². The highest BCUT2D eigenvalue weighted by atomic mass is 79.9. The molecule has 0 amide bonds. The molecule has 2 saturated carbocycles. The van der Waals surface area contributed by atoms with Crippen LogP contribution < -0.4 is 5.32 Å². The average molecular weight is 216 g/mol. The molecule has 2 heteroatoms. The van der Waals surface area contributed by atoms with Crippen molar-refractivity contribution >= 4 is 15.9 Å². The molecule has 0 aromatic carbocycles. The van der Waals surface area contributed by atoms with Crippen LogP contribution in [0.2, 0.25) is 0 Å². The van der Waals surface area contributed by atoms with Crippen LogP contribution in [0.15, 0.2) is 0 Å². The van der Waals surface area contributed by atoms with Gasteiger partial charge in [0.1, 0.15) is 0 Å². The Labute approximate surface area is 76.1 Å². The highest BCUT2D eigenvalue weighted by Crippen LogP contribution is 2.51. The topological polar surface area (TPSA) is 12.0 Å². The summed E-state index contributed by atoms with van der Waals surface area (Å²) in [5.74, 6) is 2.07. The monoisotopic (exact) mass is 215 g/mol. The molecule has 1 N–H and O–H groups in total. The van der Waals surface area contributed by atoms with Crippen LogP contribution in [-0.4, -0.2) is 10.5 Å². The predicted molar refractivity (Wildman–Crippen MR) is 48.6 cm³/mol. The van der Waals surface area contributed by atoms with Crippen LogP contribution in [0, 0.1) is 11.8 Å². The minimum absolute atomic E-state index is 0.363. The second kappa shape index (κ2) is 2.02. The molecule has 0 spiro atoms. The van der Waals surface area contributed by atoms with E-state index in [4.69, 9.17) is 0 Å². The molecule has 2 aliphatic carbocycles. The van der Waals surface area contributed by atoms with Gasteiger partial charge in [-0.05, 0) is 43.9 Å². The van der Waals surface area contributed by atoms with Crippen LogP contribution in [0.25, 0.3) is 0 Å². The fourth-order valence-corrected chi connectivity index (χ4v) is 4.74. The van der Waals surface area contributed by atoms with Crippen molar-refractivity contribution in [3.05, 3.63) is 0 Å². The summed E-state index contributed by atoms with van der Waals surface area (Å²) in [6.07, 6.45) is 7.17. The fourth-order valence-electron chi connectivity index (χ4n) is 3.50. The van der Waals surface area contributed by atoms with E-state index >= 15 is 0 Å². The Morgan fingerprint density at radius 3 is 2.18 bits per heavy atom. The molecule has 1 nitrogen and oxygen atoms in total. The molecule has 0 aromatic heterocycles. The molecule has 2 aliphatic heterocycles. The Morgan fingerprint density at radius 2 is 1.73 bits per heavy atom. The van der Waals surface area contributed by atoms with Gasteiger partial charge in [-0.1, -0.05) is 15.9 Å². The fraction of sp³-hybridized carbons (Fsp3) is 1.00. The SMILES string of the molecule is BrC12CC3CC(CC(C3)N1)C2. The van der Waals surface area contributed by atoms with Gasteiger partial charge in [-0.25, -0.2) is 0 Å². The zero-order chi connectivity index (χ0) is 7.47. The van der Waals surface area contributed by atoms with E-state index in [0.29, 0.717) is 4.45 Å². The summed E-state index contributed by atoms with van der Waals surface area (Å²) in [6.45, 7) is 0. The number of piperidine rings is 2. The molecule has 2 heterocycles. The second-order valence-electron chi connectivity index (χ2n) is 4.65. The minimum Gasteiger partial charge on any atom is -0.299 e. The number of nitrogens with one attached hydrogen (secondary N) is 1. The maximum absolute atomic E-state index is 3.85. The molecule has 2 atom stereocenters. The third-order valence-electron chi connectivity index (χ3n) is 3.59. The van der Waals surface area contributed by atoms with Crippen LogP contribution in [-0.2, 0) is 0 Å². The standard InChI is InChI=1S/C9H14BrN/c10-9-4-6-1-7(5-9)3-8(2-6)11-9/h6-8,11H,1-5H2. The first-order valence-electron chi connectivity index (χ1n) is 4.70. The first kappa shape index (κ1) is 6.90. The quantitative estimate of drug-likeness (QED) is 0.483. The Morgan fingerprint density at radius 1 is 1.09 bits per heavy atom. The third-order valence-corrected chi connectivity index (χ3v) is 4.47. The van der Waals surface area contributed by atoms with Crippen molar-refractivity contribution in [3.63, 3.8) is 0 Å². The Balaban J connectivity index is 1.94. The number of halogens is 1. The molecule has 2 saturated heterocycles. The zero-order valence-electron chi connectivity index (χ0n) is 6.65. The number of alkyl halides is 1. The Kier molecular flexibility index (Phi) is 1.27. The summed E-state index contributed by atoms with van der Waals surface area (Å²) in [5.41, 5.74) is 0. The van der Waals surface area contributed by atoms with E-state index < -0.39 is 0 Å². The van der Waals surface area contributed by atoms with Crippen LogP contribution >= 0.6 is 15.9 Å². The van der Waals surface area contributed by atoms with Crippen molar-refractivity contribution in [2.75, 3.05) is 0 Å². The lowest BCUT2D eigenvalue weighted by atomic mass is 9.65. The van der Waals surface area contributed by atoms with Gasteiger partial charge in [0, 0.05) is 6.04 Å². The maximum atomic E-state index is 3.85. The van der Waals surface area contributed by atoms with Crippen LogP contribution in [0.1, 0.15) is 32.1 Å². The van der Waals surface area contributed by atoms with Gasteiger partial charge in [-0.2, -0.15) is 0 Å². The van der Waals surface area contributed by atoms with Crippen molar-refractivity contribution in [3.8, 4) is 0 Å². The van der Waals surface area contributed by atoms with Gasteiger partial charge in [0.15, 0.2) is 0 Å². The summed E-state index contributed by atoms with van der Waals surface area (Å²) < 4.78 is 0.363. The van der Waals surface area contributed by atoms with Gasteiger partial charge in [-0.15, -0.1) is 0 Å². The molecule has 4 rings (SSSR count). The number of hydrogen-bond acceptors (Lipinski definition) is 1. The first-order chi connectivity index (χ1) is 5.23. The zero-order valence-corrected chi connectivity index (χ0v) is 8.23. The van der Waals surface area contributed by atoms with Gasteiger partial charge < -0.3 is 0 Å². The van der Waals surface area contributed by atoms with E-state index in [1.54, 1.807) is 0 Å². The summed E-state index contributed by atoms with van der Waals surface area (Å²) >= 11 is 3.85. The number of hydrogen-bond donors (Lipinski definition) is 1. The van der Waals surface area contributed by atoms with E-state index in [1.807, 2.05) is 0 Å². The third kappa shape index (κ3) is 0.988. The van der Waals surface area contributed by atoms with E-state index in [1.165, 1.54) is 32.1 Å². The summed E-state index contributed by atoms with van der Waals surface area (Å²) in [5, 5.41) is 3.71. The summed E-state index contributed by atoms with van der Waals surface area (Å²) in [6, 6.07) is 0.848. The first-order valence-corrected chi connectivity index (χ1v) is 5.49. The van der Waals surface area contributed by atoms with Gasteiger partial charge in [0.25, 0.3) is 0 Å². The second-order valence-corrected chi connectivity index (χ2v) is 6.17. The molecule has 4 fully saturated rings. The van der Waals surface area contributed by atoms with Crippen molar-refractivity contribution in [2.24, 2.45) is 11.8 Å². The highest BCUT2D eigenvalue weighted by Gasteiger charge is 2.49. The van der Waals surface area contributed by atoms with Crippen LogP contribution in [0.5, 0.6) is 0 Å². The van der Waals surface area contributed by atoms with E-state index in [2.05, 4.69) is 21.2 Å². The van der Waals surface area contributed by atoms with Gasteiger partial charge >= 0.3 is 0 Å². The average Bonchev–Trinajstić information content (AvgIpc) is 1.79. The van der Waals surface area contributed by atoms with Crippen molar-refractivity contribution in [1.82, 2.24) is 5.32 Å². The lowest BCUT2D eigenvalue weighted by molar-refractivity contribution is 0.0475. The molecular formula is C9H14BrN. The Hall–Kier alpha value is 0.440. The summed E-state index contributed by atoms with van der Waals surface area (Å²) in [4.78, 5) is 0. The molecule has 4 bridgehead atoms. The normalized spacial score (nSPS) is 60.3. The van der Waals surface area contributed by atoms with Gasteiger partial charge in [-0.3, -0.25) is 5.32 Å². The summed E-state index contributed by atoms with van der Waals surface area (Å²) in [7, 11) is 0. The molecule has 11 heavy (non-hydrogen) atoms. The lowest BCUT2D eigenvalue weighted by Crippen LogP contribution is -2.60. The van der Waals surface area contributed by atoms with Crippen LogP contribution in [0.3, 0.4) is 0 Å². The lowest BCUT2D eigenvalue weighted by Gasteiger charge is -2.55. The van der Waals surface area contributed by atoms with Crippen molar-refractivity contribution in [1.29, 1.82) is 0 Å². The van der Waals surface area contributed by atoms with Gasteiger partial charge in [0.2, 0.25) is 0 Å². The van der Waals surface area contributed by atoms with Gasteiger partial charge in [0.05, 0.1) is 4.45 Å². The molecule has 2 unspecified atom stereocenters. The molecule has 62 valence electrons. The maximum Gasteiger partial charge on any atom is 0.0749 e. The van der Waals surface area contributed by atoms with Crippen molar-refractivity contribution < 1.29 is 0 Å². The smallest absolute Gasteiger partial charge is 0.0749 e. The molecule has 4 aliphatic rings. The molecular weight excluding hydrogens is 202 g/mol. The van der Waals surface area contributed by atoms with Crippen LogP contribution in [0.4, 0.5) is 0 Å². The van der Waals surface area contributed by atoms with E-state index in [9.17, 15) is 0 Å². The van der Waals surface area contributed by atoms with E-state index in [0.717, 1.165) is 17.9 Å². The van der Waals surface area contributed by atoms with Crippen molar-refractivity contribution in [2.45, 2.75) is 42.6 Å². The molecule has 0 radical (unpaired) electrons.